The topological polar surface area (TPSA) is 57.9 Å². The Labute approximate surface area is 94.4 Å². The molecule has 1 aliphatic rings. The number of H-pyrrole nitrogens is 1. The Kier molecular flexibility index (Phi) is 2.29. The third-order valence-corrected chi connectivity index (χ3v) is 3.33. The monoisotopic (exact) mass is 216 g/mol. The zero-order valence-electron chi connectivity index (χ0n) is 9.19. The number of piperidine rings is 1. The molecule has 0 spiro atoms. The second kappa shape index (κ2) is 3.79. The van der Waals surface area contributed by atoms with E-state index in [9.17, 15) is 0 Å². The average Bonchev–Trinajstić information content (AvgIpc) is 2.77. The molecule has 0 bridgehead atoms. The van der Waals surface area contributed by atoms with Crippen molar-refractivity contribution in [3.05, 3.63) is 24.4 Å². The zero-order chi connectivity index (χ0) is 11.0. The van der Waals surface area contributed by atoms with Gasteiger partial charge < -0.3 is 10.6 Å². The van der Waals surface area contributed by atoms with Gasteiger partial charge in [-0.2, -0.15) is 5.10 Å². The van der Waals surface area contributed by atoms with Crippen molar-refractivity contribution >= 4 is 16.6 Å². The van der Waals surface area contributed by atoms with Gasteiger partial charge in [-0.25, -0.2) is 0 Å². The number of nitrogens with one attached hydrogen (secondary N) is 1. The van der Waals surface area contributed by atoms with Gasteiger partial charge in [0.15, 0.2) is 0 Å². The van der Waals surface area contributed by atoms with Crippen LogP contribution >= 0.6 is 0 Å². The maximum atomic E-state index is 5.91. The average molecular weight is 216 g/mol. The van der Waals surface area contributed by atoms with E-state index in [4.69, 9.17) is 5.73 Å². The minimum atomic E-state index is 0.383. The molecule has 16 heavy (non-hydrogen) atoms. The zero-order valence-corrected chi connectivity index (χ0v) is 9.19. The molecule has 0 aliphatic carbocycles. The summed E-state index contributed by atoms with van der Waals surface area (Å²) in [5.74, 6) is 0. The molecule has 4 heteroatoms. The minimum absolute atomic E-state index is 0.383. The molecule has 0 atom stereocenters. The van der Waals surface area contributed by atoms with Gasteiger partial charge in [0, 0.05) is 30.2 Å². The van der Waals surface area contributed by atoms with Gasteiger partial charge in [0.1, 0.15) is 0 Å². The van der Waals surface area contributed by atoms with Gasteiger partial charge in [0.2, 0.25) is 0 Å². The molecule has 2 heterocycles. The van der Waals surface area contributed by atoms with E-state index < -0.39 is 0 Å². The van der Waals surface area contributed by atoms with Crippen molar-refractivity contribution in [1.82, 2.24) is 10.2 Å². The second-order valence-electron chi connectivity index (χ2n) is 4.47. The van der Waals surface area contributed by atoms with Crippen LogP contribution in [0.25, 0.3) is 10.9 Å². The fraction of sp³-hybridized carbons (Fsp3) is 0.417. The van der Waals surface area contributed by atoms with Gasteiger partial charge in [-0.05, 0) is 31.0 Å². The summed E-state index contributed by atoms with van der Waals surface area (Å²) in [7, 11) is 0. The van der Waals surface area contributed by atoms with Gasteiger partial charge in [-0.3, -0.25) is 5.10 Å². The van der Waals surface area contributed by atoms with E-state index in [1.807, 2.05) is 6.20 Å². The van der Waals surface area contributed by atoms with E-state index in [0.29, 0.717) is 6.04 Å². The van der Waals surface area contributed by atoms with Crippen LogP contribution in [0.5, 0.6) is 0 Å². The first-order valence-electron chi connectivity index (χ1n) is 5.76. The molecule has 1 fully saturated rings. The number of aromatic amines is 1. The van der Waals surface area contributed by atoms with Gasteiger partial charge in [0.05, 0.1) is 11.7 Å². The van der Waals surface area contributed by atoms with Crippen molar-refractivity contribution in [3.8, 4) is 0 Å². The van der Waals surface area contributed by atoms with Crippen LogP contribution in [0.2, 0.25) is 0 Å². The Hall–Kier alpha value is -1.55. The molecule has 1 saturated heterocycles. The number of hydrogen-bond donors (Lipinski definition) is 2. The van der Waals surface area contributed by atoms with Crippen molar-refractivity contribution in [2.45, 2.75) is 18.9 Å². The maximum Gasteiger partial charge on any atom is 0.0651 e. The lowest BCUT2D eigenvalue weighted by Gasteiger charge is -2.32. The normalized spacial score (nSPS) is 18.2. The van der Waals surface area contributed by atoms with Crippen LogP contribution in [0, 0.1) is 0 Å². The van der Waals surface area contributed by atoms with E-state index in [1.54, 1.807) is 0 Å². The van der Waals surface area contributed by atoms with Crippen LogP contribution in [-0.4, -0.2) is 29.3 Å². The summed E-state index contributed by atoms with van der Waals surface area (Å²) >= 11 is 0. The predicted molar refractivity (Wildman–Crippen MR) is 65.5 cm³/mol. The van der Waals surface area contributed by atoms with Crippen LogP contribution < -0.4 is 10.6 Å². The van der Waals surface area contributed by atoms with Crippen LogP contribution in [-0.2, 0) is 0 Å². The fourth-order valence-corrected chi connectivity index (χ4v) is 2.28. The summed E-state index contributed by atoms with van der Waals surface area (Å²) in [6.45, 7) is 2.12. The molecule has 0 unspecified atom stereocenters. The lowest BCUT2D eigenvalue weighted by atomic mass is 10.1. The molecule has 3 rings (SSSR count). The first-order valence-corrected chi connectivity index (χ1v) is 5.76. The fourth-order valence-electron chi connectivity index (χ4n) is 2.28. The van der Waals surface area contributed by atoms with E-state index in [2.05, 4.69) is 33.3 Å². The molecule has 0 saturated carbocycles. The number of nitrogens with zero attached hydrogens (tertiary/aromatic N) is 2. The Morgan fingerprint density at radius 2 is 2.12 bits per heavy atom. The Morgan fingerprint density at radius 1 is 1.31 bits per heavy atom. The van der Waals surface area contributed by atoms with Crippen LogP contribution in [0.15, 0.2) is 24.4 Å². The van der Waals surface area contributed by atoms with Crippen molar-refractivity contribution in [3.63, 3.8) is 0 Å². The number of fused-ring (bicyclic) bond motifs is 1. The number of aromatic nitrogens is 2. The number of anilines is 1. The highest BCUT2D eigenvalue weighted by Crippen LogP contribution is 2.23. The van der Waals surface area contributed by atoms with Crippen molar-refractivity contribution < 1.29 is 0 Å². The highest BCUT2D eigenvalue weighted by atomic mass is 15.1. The first-order chi connectivity index (χ1) is 7.83. The molecule has 1 aromatic heterocycles. The molecule has 4 nitrogen and oxygen atoms in total. The SMILES string of the molecule is NC1CCN(c2ccc3[nH]ncc3c2)CC1. The number of benzene rings is 1. The number of nitrogens with two attached hydrogens (primary N) is 1. The molecule has 0 amide bonds. The lowest BCUT2D eigenvalue weighted by Crippen LogP contribution is -2.39. The van der Waals surface area contributed by atoms with Crippen LogP contribution in [0.3, 0.4) is 0 Å². The maximum absolute atomic E-state index is 5.91. The second-order valence-corrected chi connectivity index (χ2v) is 4.47. The van der Waals surface area contributed by atoms with Gasteiger partial charge in [-0.15, -0.1) is 0 Å². The summed E-state index contributed by atoms with van der Waals surface area (Å²) < 4.78 is 0. The third-order valence-electron chi connectivity index (χ3n) is 3.33. The number of hydrogen-bond acceptors (Lipinski definition) is 3. The molecule has 0 radical (unpaired) electrons. The van der Waals surface area contributed by atoms with Crippen molar-refractivity contribution in [2.75, 3.05) is 18.0 Å². The summed E-state index contributed by atoms with van der Waals surface area (Å²) in [6.07, 6.45) is 4.04. The molecule has 1 aromatic carbocycles. The third kappa shape index (κ3) is 1.65. The molecule has 84 valence electrons. The Morgan fingerprint density at radius 3 is 2.94 bits per heavy atom. The van der Waals surface area contributed by atoms with Crippen molar-refractivity contribution in [2.24, 2.45) is 5.73 Å². The van der Waals surface area contributed by atoms with E-state index in [1.165, 1.54) is 11.1 Å². The first kappa shape index (κ1) is 9.66. The molecular weight excluding hydrogens is 200 g/mol. The van der Waals surface area contributed by atoms with Gasteiger partial charge in [-0.1, -0.05) is 0 Å². The molecule has 1 aliphatic heterocycles. The van der Waals surface area contributed by atoms with E-state index in [0.717, 1.165) is 31.4 Å². The predicted octanol–water partition coefficient (Wildman–Crippen LogP) is 1.49. The van der Waals surface area contributed by atoms with Crippen LogP contribution in [0.4, 0.5) is 5.69 Å². The summed E-state index contributed by atoms with van der Waals surface area (Å²) in [5.41, 5.74) is 8.28. The van der Waals surface area contributed by atoms with E-state index >= 15 is 0 Å². The molecule has 3 N–H and O–H groups in total. The summed E-state index contributed by atoms with van der Waals surface area (Å²) in [5, 5.41) is 8.18. The minimum Gasteiger partial charge on any atom is -0.371 e. The highest BCUT2D eigenvalue weighted by Gasteiger charge is 2.16. The summed E-state index contributed by atoms with van der Waals surface area (Å²) in [4.78, 5) is 2.40. The van der Waals surface area contributed by atoms with Gasteiger partial charge >= 0.3 is 0 Å². The standard InChI is InChI=1S/C12H16N4/c13-10-3-5-16(6-4-10)11-1-2-12-9(7-11)8-14-15-12/h1-2,7-8,10H,3-6,13H2,(H,14,15). The lowest BCUT2D eigenvalue weighted by molar-refractivity contribution is 0.501. The largest absolute Gasteiger partial charge is 0.371 e. The quantitative estimate of drug-likeness (QED) is 0.759. The Balaban J connectivity index is 1.87. The summed E-state index contributed by atoms with van der Waals surface area (Å²) in [6, 6.07) is 6.81. The van der Waals surface area contributed by atoms with E-state index in [-0.39, 0.29) is 0 Å². The highest BCUT2D eigenvalue weighted by molar-refractivity contribution is 5.82. The van der Waals surface area contributed by atoms with Crippen molar-refractivity contribution in [1.29, 1.82) is 0 Å². The Bertz CT molecular complexity index is 482. The number of rotatable bonds is 1. The van der Waals surface area contributed by atoms with Gasteiger partial charge in [0.25, 0.3) is 0 Å². The van der Waals surface area contributed by atoms with Crippen LogP contribution in [0.1, 0.15) is 12.8 Å². The molecular formula is C12H16N4. The molecule has 2 aromatic rings. The smallest absolute Gasteiger partial charge is 0.0651 e.